The van der Waals surface area contributed by atoms with Gasteiger partial charge in [-0.15, -0.1) is 11.3 Å². The maximum atomic E-state index is 12.7. The fourth-order valence-corrected chi connectivity index (χ4v) is 6.47. The molecule has 6 rings (SSSR count). The van der Waals surface area contributed by atoms with Crippen molar-refractivity contribution < 1.29 is 19.0 Å². The fourth-order valence-electron chi connectivity index (χ4n) is 5.52. The Kier molecular flexibility index (Phi) is 8.19. The van der Waals surface area contributed by atoms with Crippen molar-refractivity contribution in [2.24, 2.45) is 0 Å². The number of methoxy groups -OCH3 is 1. The zero-order valence-electron chi connectivity index (χ0n) is 25.1. The van der Waals surface area contributed by atoms with Crippen molar-refractivity contribution in [3.05, 3.63) is 95.4 Å². The number of fused-ring (bicyclic) bond motifs is 2. The molecule has 0 atom stereocenters. The van der Waals surface area contributed by atoms with Crippen LogP contribution in [0.25, 0.3) is 43.7 Å². The first-order valence-corrected chi connectivity index (χ1v) is 15.5. The van der Waals surface area contributed by atoms with Gasteiger partial charge in [-0.1, -0.05) is 60.7 Å². The molecule has 0 saturated heterocycles. The summed E-state index contributed by atoms with van der Waals surface area (Å²) in [7, 11) is 1.68. The summed E-state index contributed by atoms with van der Waals surface area (Å²) in [6.45, 7) is 7.84. The number of amides is 1. The fraction of sp³-hybridized carbons (Fsp3) is 0.278. The van der Waals surface area contributed by atoms with Crippen LogP contribution in [0.2, 0.25) is 0 Å². The molecule has 2 aromatic heterocycles. The second-order valence-electron chi connectivity index (χ2n) is 11.7. The standard InChI is InChI=1S/C36H36N2O4S/c1-36(2,3)42-35(39)38-18-16-25-22-26(14-15-27(25)23-38)32-29-17-21-43-34(29)31(33(37-32)24-10-6-5-7-11-24)28-12-8-9-13-30(28)41-20-19-40-4/h5-15,17,21-22H,16,18-20,23H2,1-4H3. The van der Waals surface area contributed by atoms with Crippen molar-refractivity contribution >= 4 is 27.5 Å². The van der Waals surface area contributed by atoms with E-state index in [2.05, 4.69) is 60.0 Å². The predicted molar refractivity (Wildman–Crippen MR) is 174 cm³/mol. The van der Waals surface area contributed by atoms with E-state index in [0.29, 0.717) is 26.3 Å². The first kappa shape index (κ1) is 28.9. The topological polar surface area (TPSA) is 60.9 Å². The first-order valence-electron chi connectivity index (χ1n) is 14.6. The number of rotatable bonds is 7. The van der Waals surface area contributed by atoms with Gasteiger partial charge in [-0.2, -0.15) is 0 Å². The number of benzene rings is 3. The van der Waals surface area contributed by atoms with Crippen LogP contribution in [0, 0.1) is 0 Å². The second kappa shape index (κ2) is 12.2. The third kappa shape index (κ3) is 6.14. The van der Waals surface area contributed by atoms with Crippen LogP contribution in [0.5, 0.6) is 5.75 Å². The van der Waals surface area contributed by atoms with Crippen LogP contribution in [-0.4, -0.2) is 48.4 Å². The van der Waals surface area contributed by atoms with Gasteiger partial charge >= 0.3 is 6.09 Å². The number of hydrogen-bond acceptors (Lipinski definition) is 6. The lowest BCUT2D eigenvalue weighted by Crippen LogP contribution is -2.39. The van der Waals surface area contributed by atoms with Gasteiger partial charge in [-0.05, 0) is 61.9 Å². The molecule has 0 aliphatic carbocycles. The minimum Gasteiger partial charge on any atom is -0.491 e. The average Bonchev–Trinajstić information content (AvgIpc) is 3.50. The summed E-state index contributed by atoms with van der Waals surface area (Å²) in [4.78, 5) is 19.9. The number of carbonyl (C=O) groups excluding carboxylic acids is 1. The molecule has 6 nitrogen and oxygen atoms in total. The quantitative estimate of drug-likeness (QED) is 0.177. The number of ether oxygens (including phenoxy) is 3. The molecule has 0 unspecified atom stereocenters. The van der Waals surface area contributed by atoms with Crippen molar-refractivity contribution in [2.45, 2.75) is 39.3 Å². The van der Waals surface area contributed by atoms with Crippen molar-refractivity contribution in [1.82, 2.24) is 9.88 Å². The van der Waals surface area contributed by atoms with Crippen molar-refractivity contribution in [1.29, 1.82) is 0 Å². The molecule has 0 bridgehead atoms. The molecule has 3 heterocycles. The van der Waals surface area contributed by atoms with E-state index < -0.39 is 5.60 Å². The van der Waals surface area contributed by atoms with Crippen LogP contribution in [0.4, 0.5) is 4.79 Å². The molecule has 0 N–H and O–H groups in total. The molecule has 1 amide bonds. The minimum absolute atomic E-state index is 0.265. The Morgan fingerprint density at radius 3 is 2.49 bits per heavy atom. The summed E-state index contributed by atoms with van der Waals surface area (Å²) >= 11 is 1.72. The van der Waals surface area contributed by atoms with Gasteiger partial charge in [0.2, 0.25) is 0 Å². The van der Waals surface area contributed by atoms with Crippen LogP contribution >= 0.6 is 11.3 Å². The third-order valence-corrected chi connectivity index (χ3v) is 8.43. The number of para-hydroxylation sites is 1. The van der Waals surface area contributed by atoms with Gasteiger partial charge in [0.15, 0.2) is 0 Å². The van der Waals surface area contributed by atoms with E-state index in [1.54, 1.807) is 23.3 Å². The summed E-state index contributed by atoms with van der Waals surface area (Å²) in [5.74, 6) is 0.810. The molecule has 0 saturated carbocycles. The van der Waals surface area contributed by atoms with Crippen molar-refractivity contribution in [3.8, 4) is 39.4 Å². The zero-order chi connectivity index (χ0) is 30.0. The highest BCUT2D eigenvalue weighted by Gasteiger charge is 2.27. The zero-order valence-corrected chi connectivity index (χ0v) is 25.9. The van der Waals surface area contributed by atoms with Gasteiger partial charge in [0, 0.05) is 52.5 Å². The predicted octanol–water partition coefficient (Wildman–Crippen LogP) is 8.62. The highest BCUT2D eigenvalue weighted by Crippen LogP contribution is 2.46. The molecule has 3 aromatic carbocycles. The Hall–Kier alpha value is -4.20. The Balaban J connectivity index is 1.45. The maximum Gasteiger partial charge on any atom is 0.410 e. The van der Waals surface area contributed by atoms with E-state index >= 15 is 0 Å². The molecule has 0 radical (unpaired) electrons. The Morgan fingerprint density at radius 1 is 0.907 bits per heavy atom. The second-order valence-corrected chi connectivity index (χ2v) is 12.6. The Morgan fingerprint density at radius 2 is 1.70 bits per heavy atom. The summed E-state index contributed by atoms with van der Waals surface area (Å²) in [6, 6.07) is 27.2. The van der Waals surface area contributed by atoms with Crippen molar-refractivity contribution in [2.75, 3.05) is 26.9 Å². The van der Waals surface area contributed by atoms with Gasteiger partial charge in [0.25, 0.3) is 0 Å². The molecular formula is C36H36N2O4S. The molecule has 0 spiro atoms. The normalized spacial score (nSPS) is 13.2. The Bertz CT molecular complexity index is 1760. The summed E-state index contributed by atoms with van der Waals surface area (Å²) in [5.41, 5.74) is 7.94. The molecule has 1 aliphatic heterocycles. The number of hydrogen-bond donors (Lipinski definition) is 0. The lowest BCUT2D eigenvalue weighted by Gasteiger charge is -2.31. The lowest BCUT2D eigenvalue weighted by atomic mass is 9.93. The van der Waals surface area contributed by atoms with Gasteiger partial charge in [0.1, 0.15) is 18.0 Å². The molecule has 1 aliphatic rings. The van der Waals surface area contributed by atoms with Crippen LogP contribution < -0.4 is 4.74 Å². The minimum atomic E-state index is -0.516. The number of pyridine rings is 1. The summed E-state index contributed by atoms with van der Waals surface area (Å²) in [6.07, 6.45) is 0.504. The van der Waals surface area contributed by atoms with Gasteiger partial charge in [-0.25, -0.2) is 9.78 Å². The molecule has 7 heteroatoms. The molecule has 43 heavy (non-hydrogen) atoms. The third-order valence-electron chi connectivity index (χ3n) is 7.50. The maximum absolute atomic E-state index is 12.7. The highest BCUT2D eigenvalue weighted by molar-refractivity contribution is 7.18. The van der Waals surface area contributed by atoms with E-state index in [0.717, 1.165) is 56.8 Å². The molecule has 5 aromatic rings. The SMILES string of the molecule is COCCOc1ccccc1-c1c(-c2ccccc2)nc(-c2ccc3c(c2)CCN(C(=O)OC(C)(C)C)C3)c2ccsc12. The van der Waals surface area contributed by atoms with E-state index in [4.69, 9.17) is 19.2 Å². The molecule has 0 fully saturated rings. The summed E-state index contributed by atoms with van der Waals surface area (Å²) in [5, 5.41) is 3.25. The number of nitrogens with zero attached hydrogens (tertiary/aromatic N) is 2. The van der Waals surface area contributed by atoms with E-state index in [9.17, 15) is 4.79 Å². The van der Waals surface area contributed by atoms with Crippen LogP contribution in [0.3, 0.4) is 0 Å². The average molecular weight is 593 g/mol. The van der Waals surface area contributed by atoms with Crippen LogP contribution in [0.15, 0.2) is 84.2 Å². The number of carbonyl (C=O) groups is 1. The monoisotopic (exact) mass is 592 g/mol. The largest absolute Gasteiger partial charge is 0.491 e. The number of aromatic nitrogens is 1. The number of thiophene rings is 1. The molecular weight excluding hydrogens is 556 g/mol. The lowest BCUT2D eigenvalue weighted by molar-refractivity contribution is 0.0224. The van der Waals surface area contributed by atoms with Gasteiger partial charge in [0.05, 0.1) is 18.0 Å². The Labute approximate surface area is 256 Å². The highest BCUT2D eigenvalue weighted by atomic mass is 32.1. The molecule has 220 valence electrons. The van der Waals surface area contributed by atoms with E-state index in [1.165, 1.54) is 10.3 Å². The van der Waals surface area contributed by atoms with Crippen LogP contribution in [-0.2, 0) is 22.4 Å². The van der Waals surface area contributed by atoms with Gasteiger partial charge in [-0.3, -0.25) is 0 Å². The van der Waals surface area contributed by atoms with Crippen molar-refractivity contribution in [3.63, 3.8) is 0 Å². The van der Waals surface area contributed by atoms with Gasteiger partial charge < -0.3 is 19.1 Å². The first-order chi connectivity index (χ1) is 20.8. The smallest absolute Gasteiger partial charge is 0.410 e. The summed E-state index contributed by atoms with van der Waals surface area (Å²) < 4.78 is 18.2. The van der Waals surface area contributed by atoms with E-state index in [-0.39, 0.29) is 6.09 Å². The van der Waals surface area contributed by atoms with Crippen LogP contribution in [0.1, 0.15) is 31.9 Å². The van der Waals surface area contributed by atoms with E-state index in [1.807, 2.05) is 45.0 Å².